The first-order valence-electron chi connectivity index (χ1n) is 5.88. The molecule has 2 rings (SSSR count). The van der Waals surface area contributed by atoms with E-state index in [1.54, 1.807) is 0 Å². The van der Waals surface area contributed by atoms with E-state index in [1.807, 2.05) is 6.92 Å². The van der Waals surface area contributed by atoms with E-state index >= 15 is 0 Å². The van der Waals surface area contributed by atoms with Gasteiger partial charge in [-0.3, -0.25) is 0 Å². The van der Waals surface area contributed by atoms with Gasteiger partial charge in [-0.25, -0.2) is 0 Å². The first-order chi connectivity index (χ1) is 7.68. The molecule has 1 aliphatic rings. The van der Waals surface area contributed by atoms with Crippen LogP contribution in [-0.2, 0) is 4.74 Å². The highest BCUT2D eigenvalue weighted by Gasteiger charge is 2.18. The van der Waals surface area contributed by atoms with Gasteiger partial charge in [0.1, 0.15) is 0 Å². The third-order valence-corrected chi connectivity index (χ3v) is 3.12. The lowest BCUT2D eigenvalue weighted by atomic mass is 10.1. The van der Waals surface area contributed by atoms with Crippen LogP contribution in [0.1, 0.15) is 25.5 Å². The minimum atomic E-state index is 0. The summed E-state index contributed by atoms with van der Waals surface area (Å²) in [5.74, 6) is 0. The fraction of sp³-hybridized carbons (Fsp3) is 0.538. The Morgan fingerprint density at radius 2 is 2.00 bits per heavy atom. The Balaban J connectivity index is 0.00000144. The number of hydrogen-bond acceptors (Lipinski definition) is 3. The number of morpholine rings is 1. The minimum absolute atomic E-state index is 0. The van der Waals surface area contributed by atoms with Gasteiger partial charge in [-0.2, -0.15) is 0 Å². The molecule has 1 aromatic carbocycles. The fourth-order valence-corrected chi connectivity index (χ4v) is 2.08. The third-order valence-electron chi connectivity index (χ3n) is 3.12. The van der Waals surface area contributed by atoms with Crippen LogP contribution in [0, 0.1) is 0 Å². The van der Waals surface area contributed by atoms with Gasteiger partial charge in [0.2, 0.25) is 0 Å². The second kappa shape index (κ2) is 6.24. The van der Waals surface area contributed by atoms with Crippen LogP contribution in [0.2, 0.25) is 0 Å². The van der Waals surface area contributed by atoms with Gasteiger partial charge < -0.3 is 15.4 Å². The highest BCUT2D eigenvalue weighted by atomic mass is 35.5. The van der Waals surface area contributed by atoms with Crippen LogP contribution in [0.4, 0.5) is 5.69 Å². The quantitative estimate of drug-likeness (QED) is 0.883. The fourth-order valence-electron chi connectivity index (χ4n) is 2.08. The second-order valence-electron chi connectivity index (χ2n) is 4.50. The first kappa shape index (κ1) is 14.3. The number of hydrogen-bond donors (Lipinski definition) is 1. The van der Waals surface area contributed by atoms with Crippen LogP contribution >= 0.6 is 12.4 Å². The molecule has 0 aromatic heterocycles. The number of halogens is 1. The van der Waals surface area contributed by atoms with E-state index in [9.17, 15) is 0 Å². The zero-order valence-corrected chi connectivity index (χ0v) is 11.2. The van der Waals surface area contributed by atoms with Crippen molar-refractivity contribution in [3.8, 4) is 0 Å². The molecule has 17 heavy (non-hydrogen) atoms. The monoisotopic (exact) mass is 256 g/mol. The van der Waals surface area contributed by atoms with E-state index in [0.29, 0.717) is 6.04 Å². The van der Waals surface area contributed by atoms with Crippen molar-refractivity contribution in [2.45, 2.75) is 25.9 Å². The normalized spacial score (nSPS) is 21.8. The Morgan fingerprint density at radius 3 is 2.53 bits per heavy atom. The van der Waals surface area contributed by atoms with Crippen molar-refractivity contribution in [2.75, 3.05) is 24.7 Å². The van der Waals surface area contributed by atoms with Gasteiger partial charge in [0.15, 0.2) is 0 Å². The molecular weight excluding hydrogens is 236 g/mol. The van der Waals surface area contributed by atoms with Crippen LogP contribution in [0.3, 0.4) is 0 Å². The second-order valence-corrected chi connectivity index (χ2v) is 4.50. The molecule has 1 aromatic rings. The zero-order chi connectivity index (χ0) is 11.5. The van der Waals surface area contributed by atoms with E-state index in [1.165, 1.54) is 11.3 Å². The average Bonchev–Trinajstić information content (AvgIpc) is 2.30. The van der Waals surface area contributed by atoms with Crippen molar-refractivity contribution in [3.63, 3.8) is 0 Å². The molecule has 1 saturated heterocycles. The van der Waals surface area contributed by atoms with Gasteiger partial charge in [-0.15, -0.1) is 12.4 Å². The zero-order valence-electron chi connectivity index (χ0n) is 10.4. The maximum Gasteiger partial charge on any atom is 0.0668 e. The Labute approximate surface area is 109 Å². The predicted molar refractivity (Wildman–Crippen MR) is 73.9 cm³/mol. The Morgan fingerprint density at radius 1 is 1.35 bits per heavy atom. The van der Waals surface area contributed by atoms with Gasteiger partial charge in [0.05, 0.1) is 13.2 Å². The largest absolute Gasteiger partial charge is 0.377 e. The van der Waals surface area contributed by atoms with E-state index in [2.05, 4.69) is 36.1 Å². The van der Waals surface area contributed by atoms with Gasteiger partial charge in [0.25, 0.3) is 0 Å². The standard InChI is InChI=1S/C13H20N2O.ClH/c1-10-9-16-8-7-15(10)13-5-3-12(4-6-13)11(2)14;/h3-6,10-11H,7-9,14H2,1-2H3;1H/t10?,11-;/m1./s1. The molecule has 0 aliphatic carbocycles. The average molecular weight is 257 g/mol. The number of rotatable bonds is 2. The van der Waals surface area contributed by atoms with Gasteiger partial charge in [0, 0.05) is 24.3 Å². The highest BCUT2D eigenvalue weighted by Crippen LogP contribution is 2.21. The van der Waals surface area contributed by atoms with Crippen LogP contribution in [0.25, 0.3) is 0 Å². The van der Waals surface area contributed by atoms with E-state index in [4.69, 9.17) is 10.5 Å². The molecule has 0 bridgehead atoms. The summed E-state index contributed by atoms with van der Waals surface area (Å²) >= 11 is 0. The summed E-state index contributed by atoms with van der Waals surface area (Å²) < 4.78 is 5.43. The smallest absolute Gasteiger partial charge is 0.0668 e. The lowest BCUT2D eigenvalue weighted by Crippen LogP contribution is -2.43. The minimum Gasteiger partial charge on any atom is -0.377 e. The molecule has 1 fully saturated rings. The van der Waals surface area contributed by atoms with E-state index in [-0.39, 0.29) is 18.4 Å². The van der Waals surface area contributed by atoms with Gasteiger partial charge >= 0.3 is 0 Å². The summed E-state index contributed by atoms with van der Waals surface area (Å²) in [6.45, 7) is 6.80. The number of nitrogens with two attached hydrogens (primary N) is 1. The Bertz CT molecular complexity index is 340. The molecule has 2 N–H and O–H groups in total. The number of nitrogens with zero attached hydrogens (tertiary/aromatic N) is 1. The van der Waals surface area contributed by atoms with Crippen molar-refractivity contribution in [1.29, 1.82) is 0 Å². The molecular formula is C13H21ClN2O. The van der Waals surface area contributed by atoms with Crippen LogP contribution < -0.4 is 10.6 Å². The molecule has 0 radical (unpaired) electrons. The molecule has 0 amide bonds. The third kappa shape index (κ3) is 3.35. The molecule has 1 aliphatic heterocycles. The van der Waals surface area contributed by atoms with Crippen LogP contribution in [0.15, 0.2) is 24.3 Å². The molecule has 0 saturated carbocycles. The molecule has 0 spiro atoms. The molecule has 96 valence electrons. The molecule has 4 heteroatoms. The summed E-state index contributed by atoms with van der Waals surface area (Å²) in [6.07, 6.45) is 0. The molecule has 2 atom stereocenters. The molecule has 1 heterocycles. The number of ether oxygens (including phenoxy) is 1. The van der Waals surface area contributed by atoms with Crippen molar-refractivity contribution < 1.29 is 4.74 Å². The van der Waals surface area contributed by atoms with Crippen molar-refractivity contribution >= 4 is 18.1 Å². The lowest BCUT2D eigenvalue weighted by molar-refractivity contribution is 0.0989. The Hall–Kier alpha value is -0.770. The first-order valence-corrected chi connectivity index (χ1v) is 5.88. The van der Waals surface area contributed by atoms with Crippen molar-refractivity contribution in [1.82, 2.24) is 0 Å². The van der Waals surface area contributed by atoms with Gasteiger partial charge in [-0.1, -0.05) is 12.1 Å². The van der Waals surface area contributed by atoms with Crippen molar-refractivity contribution in [2.24, 2.45) is 5.73 Å². The molecule has 3 nitrogen and oxygen atoms in total. The maximum absolute atomic E-state index is 5.84. The Kier molecular flexibility index (Phi) is 5.25. The lowest BCUT2D eigenvalue weighted by Gasteiger charge is -2.35. The molecule has 1 unspecified atom stereocenters. The topological polar surface area (TPSA) is 38.5 Å². The van der Waals surface area contributed by atoms with Crippen LogP contribution in [0.5, 0.6) is 0 Å². The van der Waals surface area contributed by atoms with Crippen molar-refractivity contribution in [3.05, 3.63) is 29.8 Å². The van der Waals surface area contributed by atoms with Gasteiger partial charge in [-0.05, 0) is 31.5 Å². The van der Waals surface area contributed by atoms with Crippen LogP contribution in [-0.4, -0.2) is 25.8 Å². The van der Waals surface area contributed by atoms with E-state index < -0.39 is 0 Å². The maximum atomic E-state index is 5.84. The summed E-state index contributed by atoms with van der Waals surface area (Å²) in [7, 11) is 0. The summed E-state index contributed by atoms with van der Waals surface area (Å²) in [5.41, 5.74) is 8.28. The number of benzene rings is 1. The highest BCUT2D eigenvalue weighted by molar-refractivity contribution is 5.85. The summed E-state index contributed by atoms with van der Waals surface area (Å²) in [5, 5.41) is 0. The SMILES string of the molecule is CC1COCCN1c1ccc([C@@H](C)N)cc1.Cl. The predicted octanol–water partition coefficient (Wildman–Crippen LogP) is 2.35. The summed E-state index contributed by atoms with van der Waals surface area (Å²) in [4.78, 5) is 2.38. The summed E-state index contributed by atoms with van der Waals surface area (Å²) in [6, 6.07) is 9.09. The number of anilines is 1. The van der Waals surface area contributed by atoms with E-state index in [0.717, 1.165) is 19.8 Å².